The number of alkyl halides is 2. The number of pyridine rings is 1. The Hall–Kier alpha value is -1.24. The van der Waals surface area contributed by atoms with E-state index < -0.39 is 29.1 Å². The first-order chi connectivity index (χ1) is 6.43. The molecule has 76 valence electrons. The van der Waals surface area contributed by atoms with Crippen LogP contribution in [0, 0.1) is 0 Å². The standard InChI is InChI=1S/C7H4BrF2NO3/c8-3-1-2(5(9)10)4(7(13)14)6(12)11-3/h1,5H,(H,11,12)(H,13,14). The molecule has 0 radical (unpaired) electrons. The third-order valence-electron chi connectivity index (χ3n) is 1.48. The summed E-state index contributed by atoms with van der Waals surface area (Å²) in [5, 5.41) is 8.52. The van der Waals surface area contributed by atoms with E-state index in [1.807, 2.05) is 0 Å². The Kier molecular flexibility index (Phi) is 3.00. The normalized spacial score (nSPS) is 10.6. The van der Waals surface area contributed by atoms with Crippen LogP contribution in [0.4, 0.5) is 8.78 Å². The summed E-state index contributed by atoms with van der Waals surface area (Å²) in [7, 11) is 0. The topological polar surface area (TPSA) is 70.2 Å². The molecule has 0 bridgehead atoms. The zero-order chi connectivity index (χ0) is 10.9. The first kappa shape index (κ1) is 10.8. The fraction of sp³-hybridized carbons (Fsp3) is 0.143. The molecule has 1 rings (SSSR count). The maximum atomic E-state index is 12.3. The minimum Gasteiger partial charge on any atom is -0.477 e. The van der Waals surface area contributed by atoms with E-state index in [1.54, 1.807) is 0 Å². The van der Waals surface area contributed by atoms with Gasteiger partial charge in [-0.15, -0.1) is 0 Å². The molecule has 4 nitrogen and oxygen atoms in total. The molecule has 0 spiro atoms. The first-order valence-electron chi connectivity index (χ1n) is 3.37. The molecule has 0 aromatic carbocycles. The number of aromatic nitrogens is 1. The lowest BCUT2D eigenvalue weighted by Gasteiger charge is -2.03. The summed E-state index contributed by atoms with van der Waals surface area (Å²) in [6, 6.07) is 0.871. The summed E-state index contributed by atoms with van der Waals surface area (Å²) in [5.74, 6) is -1.67. The van der Waals surface area contributed by atoms with Crippen LogP contribution in [-0.4, -0.2) is 16.1 Å². The highest BCUT2D eigenvalue weighted by atomic mass is 79.9. The monoisotopic (exact) mass is 267 g/mol. The maximum Gasteiger partial charge on any atom is 0.341 e. The second kappa shape index (κ2) is 3.87. The van der Waals surface area contributed by atoms with E-state index in [4.69, 9.17) is 5.11 Å². The van der Waals surface area contributed by atoms with E-state index in [9.17, 15) is 18.4 Å². The van der Waals surface area contributed by atoms with E-state index in [-0.39, 0.29) is 4.60 Å². The Morgan fingerprint density at radius 1 is 1.57 bits per heavy atom. The fourth-order valence-corrected chi connectivity index (χ4v) is 1.37. The van der Waals surface area contributed by atoms with Gasteiger partial charge in [0.05, 0.1) is 4.60 Å². The minimum absolute atomic E-state index is 0.0165. The number of hydrogen-bond acceptors (Lipinski definition) is 2. The summed E-state index contributed by atoms with van der Waals surface area (Å²) < 4.78 is 24.6. The predicted octanol–water partition coefficient (Wildman–Crippen LogP) is 1.77. The van der Waals surface area contributed by atoms with Crippen LogP contribution >= 0.6 is 15.9 Å². The highest BCUT2D eigenvalue weighted by Gasteiger charge is 2.22. The lowest BCUT2D eigenvalue weighted by molar-refractivity contribution is 0.0682. The molecular formula is C7H4BrF2NO3. The maximum absolute atomic E-state index is 12.3. The van der Waals surface area contributed by atoms with Gasteiger partial charge in [0.2, 0.25) is 0 Å². The number of halogens is 3. The van der Waals surface area contributed by atoms with Crippen molar-refractivity contribution in [3.05, 3.63) is 32.2 Å². The Morgan fingerprint density at radius 3 is 2.57 bits per heavy atom. The van der Waals surface area contributed by atoms with E-state index in [0.717, 1.165) is 6.07 Å². The highest BCUT2D eigenvalue weighted by molar-refractivity contribution is 9.10. The van der Waals surface area contributed by atoms with Crippen LogP contribution in [0.2, 0.25) is 0 Å². The number of nitrogens with one attached hydrogen (secondary N) is 1. The van der Waals surface area contributed by atoms with Gasteiger partial charge in [0.15, 0.2) is 0 Å². The molecule has 0 saturated heterocycles. The zero-order valence-corrected chi connectivity index (χ0v) is 8.14. The molecule has 0 saturated carbocycles. The summed E-state index contributed by atoms with van der Waals surface area (Å²) in [4.78, 5) is 23.6. The van der Waals surface area contributed by atoms with E-state index >= 15 is 0 Å². The van der Waals surface area contributed by atoms with Crippen molar-refractivity contribution in [1.29, 1.82) is 0 Å². The molecule has 1 aromatic rings. The molecule has 7 heteroatoms. The lowest BCUT2D eigenvalue weighted by Crippen LogP contribution is -2.20. The third-order valence-corrected chi connectivity index (χ3v) is 1.91. The van der Waals surface area contributed by atoms with Crippen LogP contribution in [0.1, 0.15) is 22.3 Å². The van der Waals surface area contributed by atoms with Gasteiger partial charge in [-0.2, -0.15) is 0 Å². The van der Waals surface area contributed by atoms with Gasteiger partial charge in [0.1, 0.15) is 5.56 Å². The highest BCUT2D eigenvalue weighted by Crippen LogP contribution is 2.22. The average Bonchev–Trinajstić information content (AvgIpc) is 2.01. The van der Waals surface area contributed by atoms with Crippen molar-refractivity contribution in [2.24, 2.45) is 0 Å². The smallest absolute Gasteiger partial charge is 0.341 e. The fourth-order valence-electron chi connectivity index (χ4n) is 0.940. The second-order valence-electron chi connectivity index (χ2n) is 2.38. The molecule has 0 unspecified atom stereocenters. The molecule has 0 amide bonds. The Labute approximate surface area is 84.7 Å². The van der Waals surface area contributed by atoms with Crippen LogP contribution in [-0.2, 0) is 0 Å². The summed E-state index contributed by atoms with van der Waals surface area (Å²) >= 11 is 2.78. The van der Waals surface area contributed by atoms with Crippen LogP contribution < -0.4 is 5.56 Å². The van der Waals surface area contributed by atoms with Crippen LogP contribution in [0.15, 0.2) is 15.5 Å². The zero-order valence-electron chi connectivity index (χ0n) is 6.55. The SMILES string of the molecule is O=C(O)c1c(C(F)F)cc(Br)[nH]c1=O. The van der Waals surface area contributed by atoms with Crippen molar-refractivity contribution in [3.8, 4) is 0 Å². The molecule has 14 heavy (non-hydrogen) atoms. The second-order valence-corrected chi connectivity index (χ2v) is 3.24. The molecule has 1 aromatic heterocycles. The molecule has 2 N–H and O–H groups in total. The Bertz CT molecular complexity index is 429. The number of aromatic carboxylic acids is 1. The van der Waals surface area contributed by atoms with Crippen molar-refractivity contribution in [2.75, 3.05) is 0 Å². The number of carboxylic acids is 1. The summed E-state index contributed by atoms with van der Waals surface area (Å²) in [5.41, 5.74) is -2.78. The number of carbonyl (C=O) groups is 1. The molecule has 0 aliphatic heterocycles. The van der Waals surface area contributed by atoms with Crippen molar-refractivity contribution < 1.29 is 18.7 Å². The summed E-state index contributed by atoms with van der Waals surface area (Å²) in [6.07, 6.45) is -3.00. The van der Waals surface area contributed by atoms with Gasteiger partial charge in [0.25, 0.3) is 12.0 Å². The molecule has 0 atom stereocenters. The van der Waals surface area contributed by atoms with Crippen molar-refractivity contribution in [3.63, 3.8) is 0 Å². The first-order valence-corrected chi connectivity index (χ1v) is 4.17. The van der Waals surface area contributed by atoms with Gasteiger partial charge < -0.3 is 10.1 Å². The molecule has 0 fully saturated rings. The summed E-state index contributed by atoms with van der Waals surface area (Å²) in [6.45, 7) is 0. The van der Waals surface area contributed by atoms with Gasteiger partial charge in [-0.1, -0.05) is 0 Å². The van der Waals surface area contributed by atoms with Crippen LogP contribution in [0.5, 0.6) is 0 Å². The molecule has 0 aliphatic carbocycles. The number of rotatable bonds is 2. The van der Waals surface area contributed by atoms with Crippen LogP contribution in [0.3, 0.4) is 0 Å². The number of hydrogen-bond donors (Lipinski definition) is 2. The van der Waals surface area contributed by atoms with E-state index in [0.29, 0.717) is 0 Å². The van der Waals surface area contributed by atoms with Gasteiger partial charge in [-0.25, -0.2) is 13.6 Å². The van der Waals surface area contributed by atoms with Crippen molar-refractivity contribution in [2.45, 2.75) is 6.43 Å². The third kappa shape index (κ3) is 1.98. The van der Waals surface area contributed by atoms with Gasteiger partial charge in [0, 0.05) is 5.56 Å². The minimum atomic E-state index is -3.00. The number of carboxylic acid groups (broad SMARTS) is 1. The number of H-pyrrole nitrogens is 1. The van der Waals surface area contributed by atoms with Gasteiger partial charge >= 0.3 is 5.97 Å². The van der Waals surface area contributed by atoms with E-state index in [2.05, 4.69) is 20.9 Å². The van der Waals surface area contributed by atoms with Crippen molar-refractivity contribution >= 4 is 21.9 Å². The lowest BCUT2D eigenvalue weighted by atomic mass is 10.1. The van der Waals surface area contributed by atoms with Crippen LogP contribution in [0.25, 0.3) is 0 Å². The Morgan fingerprint density at radius 2 is 2.14 bits per heavy atom. The largest absolute Gasteiger partial charge is 0.477 e. The van der Waals surface area contributed by atoms with Gasteiger partial charge in [-0.05, 0) is 22.0 Å². The average molecular weight is 268 g/mol. The van der Waals surface area contributed by atoms with Crippen molar-refractivity contribution in [1.82, 2.24) is 4.98 Å². The molecule has 1 heterocycles. The van der Waals surface area contributed by atoms with E-state index in [1.165, 1.54) is 0 Å². The van der Waals surface area contributed by atoms with Gasteiger partial charge in [-0.3, -0.25) is 4.79 Å². The predicted molar refractivity (Wildman–Crippen MR) is 46.7 cm³/mol. The molecule has 0 aliphatic rings. The molecular weight excluding hydrogens is 264 g/mol. The quantitative estimate of drug-likeness (QED) is 0.803. The number of aromatic amines is 1. The Balaban J connectivity index is 3.53.